The first kappa shape index (κ1) is 22.7. The number of carbonyl (C=O) groups excluding carboxylic acids is 1. The van der Waals surface area contributed by atoms with Crippen molar-refractivity contribution in [3.8, 4) is 16.9 Å². The molecule has 10 heteroatoms. The lowest BCUT2D eigenvalue weighted by Gasteiger charge is -2.21. The van der Waals surface area contributed by atoms with Crippen LogP contribution in [0.1, 0.15) is 45.8 Å². The van der Waals surface area contributed by atoms with Crippen molar-refractivity contribution in [3.05, 3.63) is 77.1 Å². The molecule has 0 unspecified atom stereocenters. The Morgan fingerprint density at radius 1 is 1.11 bits per heavy atom. The van der Waals surface area contributed by atoms with Gasteiger partial charge < -0.3 is 14.6 Å². The number of halogens is 2. The molecule has 3 aromatic carbocycles. The molecule has 6 rings (SSSR count). The molecule has 1 aromatic heterocycles. The van der Waals surface area contributed by atoms with Gasteiger partial charge in [0.2, 0.25) is 0 Å². The van der Waals surface area contributed by atoms with Crippen molar-refractivity contribution in [2.45, 2.75) is 36.9 Å². The summed E-state index contributed by atoms with van der Waals surface area (Å²) in [5.74, 6) is 0.279. The van der Waals surface area contributed by atoms with E-state index in [1.54, 1.807) is 24.3 Å². The number of nitrogens with one attached hydrogen (secondary N) is 1. The van der Waals surface area contributed by atoms with Gasteiger partial charge in [-0.3, -0.25) is 4.79 Å². The lowest BCUT2D eigenvalue weighted by molar-refractivity contribution is -0.0507. The van der Waals surface area contributed by atoms with Gasteiger partial charge in [0.25, 0.3) is 5.91 Å². The summed E-state index contributed by atoms with van der Waals surface area (Å²) in [5.41, 5.74) is 4.75. The van der Waals surface area contributed by atoms with Crippen LogP contribution in [0.5, 0.6) is 5.75 Å². The number of carbonyl (C=O) groups is 1. The summed E-state index contributed by atoms with van der Waals surface area (Å²) in [6.45, 7) is -1.17. The average molecular weight is 510 g/mol. The number of nitrogens with zero attached hydrogens (tertiary/aromatic N) is 2. The summed E-state index contributed by atoms with van der Waals surface area (Å²) in [6, 6.07) is 14.5. The first-order valence-corrected chi connectivity index (χ1v) is 13.2. The SMILES string of the molecule is Cc1cc(S(C)(=O)=O)ccc1-c1ccc2nc3n(c2c1)[C@@H]1C[C@H]3NC(=O)c2cccc(OC(F)F)c21. The van der Waals surface area contributed by atoms with Gasteiger partial charge in [0, 0.05) is 17.4 Å². The monoisotopic (exact) mass is 509 g/mol. The number of ether oxygens (including phenoxy) is 1. The average Bonchev–Trinajstić information content (AvgIpc) is 3.30. The second-order valence-corrected chi connectivity index (χ2v) is 11.2. The van der Waals surface area contributed by atoms with Crippen molar-refractivity contribution in [1.29, 1.82) is 0 Å². The molecule has 7 nitrogen and oxygen atoms in total. The first-order valence-electron chi connectivity index (χ1n) is 11.3. The van der Waals surface area contributed by atoms with Crippen LogP contribution in [-0.4, -0.2) is 36.7 Å². The van der Waals surface area contributed by atoms with Crippen LogP contribution in [0.4, 0.5) is 8.78 Å². The third-order valence-electron chi connectivity index (χ3n) is 6.90. The number of amides is 1. The molecule has 184 valence electrons. The fourth-order valence-electron chi connectivity index (χ4n) is 5.37. The number of alkyl halides is 2. The van der Waals surface area contributed by atoms with Gasteiger partial charge in [-0.1, -0.05) is 18.2 Å². The van der Waals surface area contributed by atoms with E-state index in [1.807, 2.05) is 29.7 Å². The van der Waals surface area contributed by atoms with E-state index >= 15 is 0 Å². The van der Waals surface area contributed by atoms with E-state index in [9.17, 15) is 22.0 Å². The van der Waals surface area contributed by atoms with E-state index in [2.05, 4.69) is 5.32 Å². The second-order valence-electron chi connectivity index (χ2n) is 9.17. The standard InChI is InChI=1S/C26H21F2N3O4S/c1-13-10-15(36(2,33)34)7-8-16(13)14-6-9-18-20(11-14)31-21-12-19(24(31)29-18)30-25(32)17-4-3-5-22(23(17)21)35-26(27)28/h3-11,19,21,26H,12H2,1-2H3,(H,30,32)/t19-,21-/m1/s1. The van der Waals surface area contributed by atoms with Crippen LogP contribution in [0.25, 0.3) is 22.2 Å². The molecule has 3 heterocycles. The molecule has 0 aliphatic carbocycles. The van der Waals surface area contributed by atoms with Crippen molar-refractivity contribution >= 4 is 26.8 Å². The second kappa shape index (κ2) is 7.86. The van der Waals surface area contributed by atoms with Gasteiger partial charge >= 0.3 is 6.61 Å². The quantitative estimate of drug-likeness (QED) is 0.427. The smallest absolute Gasteiger partial charge is 0.387 e. The Bertz CT molecular complexity index is 1680. The number of hydrogen-bond donors (Lipinski definition) is 1. The maximum Gasteiger partial charge on any atom is 0.387 e. The van der Waals surface area contributed by atoms with Crippen molar-refractivity contribution < 1.29 is 26.7 Å². The lowest BCUT2D eigenvalue weighted by atomic mass is 9.97. The van der Waals surface area contributed by atoms with Crippen molar-refractivity contribution in [1.82, 2.24) is 14.9 Å². The number of imidazole rings is 1. The zero-order valence-corrected chi connectivity index (χ0v) is 20.1. The molecule has 0 saturated heterocycles. The molecule has 1 amide bonds. The zero-order valence-electron chi connectivity index (χ0n) is 19.3. The highest BCUT2D eigenvalue weighted by atomic mass is 32.2. The molecule has 0 spiro atoms. The fraction of sp³-hybridized carbons (Fsp3) is 0.231. The van der Waals surface area contributed by atoms with E-state index in [0.717, 1.165) is 22.2 Å². The lowest BCUT2D eigenvalue weighted by Crippen LogP contribution is -2.28. The molecule has 0 saturated carbocycles. The minimum atomic E-state index is -3.33. The summed E-state index contributed by atoms with van der Waals surface area (Å²) >= 11 is 0. The fourth-order valence-corrected chi connectivity index (χ4v) is 6.07. The Balaban J connectivity index is 1.53. The van der Waals surface area contributed by atoms with Crippen molar-refractivity contribution in [2.24, 2.45) is 0 Å². The normalized spacial score (nSPS) is 18.6. The molecular formula is C26H21F2N3O4S. The third kappa shape index (κ3) is 3.47. The number of fused-ring (bicyclic) bond motifs is 9. The highest BCUT2D eigenvalue weighted by Crippen LogP contribution is 2.47. The molecule has 2 atom stereocenters. The largest absolute Gasteiger partial charge is 0.434 e. The summed E-state index contributed by atoms with van der Waals surface area (Å²) in [5, 5.41) is 2.98. The summed E-state index contributed by atoms with van der Waals surface area (Å²) in [4.78, 5) is 17.9. The Morgan fingerprint density at radius 3 is 2.64 bits per heavy atom. The molecule has 2 bridgehead atoms. The molecule has 2 aliphatic heterocycles. The van der Waals surface area contributed by atoms with Gasteiger partial charge in [-0.05, 0) is 66.4 Å². The van der Waals surface area contributed by atoms with E-state index in [-0.39, 0.29) is 22.6 Å². The maximum atomic E-state index is 13.2. The van der Waals surface area contributed by atoms with Crippen molar-refractivity contribution in [2.75, 3.05) is 6.26 Å². The van der Waals surface area contributed by atoms with Crippen molar-refractivity contribution in [3.63, 3.8) is 0 Å². The van der Waals surface area contributed by atoms with Gasteiger partial charge in [-0.25, -0.2) is 13.4 Å². The number of sulfone groups is 1. The van der Waals surface area contributed by atoms with E-state index < -0.39 is 22.5 Å². The van der Waals surface area contributed by atoms with Crippen LogP contribution >= 0.6 is 0 Å². The number of benzene rings is 3. The van der Waals surface area contributed by atoms with Gasteiger partial charge in [-0.15, -0.1) is 0 Å². The minimum Gasteiger partial charge on any atom is -0.434 e. The molecule has 1 N–H and O–H groups in total. The summed E-state index contributed by atoms with van der Waals surface area (Å²) in [7, 11) is -3.33. The molecule has 0 radical (unpaired) electrons. The molecule has 36 heavy (non-hydrogen) atoms. The minimum absolute atomic E-state index is 0.0265. The molecular weight excluding hydrogens is 488 g/mol. The highest BCUT2D eigenvalue weighted by Gasteiger charge is 2.42. The number of hydrogen-bond acceptors (Lipinski definition) is 5. The Kier molecular flexibility index (Phi) is 4.95. The number of aromatic nitrogens is 2. The van der Waals surface area contributed by atoms with E-state index in [0.29, 0.717) is 28.9 Å². The Hall–Kier alpha value is -3.79. The van der Waals surface area contributed by atoms with Gasteiger partial charge in [0.15, 0.2) is 9.84 Å². The summed E-state index contributed by atoms with van der Waals surface area (Å²) in [6.07, 6.45) is 1.64. The topological polar surface area (TPSA) is 90.3 Å². The van der Waals surface area contributed by atoms with Crippen LogP contribution in [0.2, 0.25) is 0 Å². The molecule has 2 aliphatic rings. The Labute approximate surface area is 205 Å². The highest BCUT2D eigenvalue weighted by molar-refractivity contribution is 7.90. The van der Waals surface area contributed by atoms with Crippen LogP contribution in [0.3, 0.4) is 0 Å². The van der Waals surface area contributed by atoms with Gasteiger partial charge in [0.1, 0.15) is 11.6 Å². The third-order valence-corrected chi connectivity index (χ3v) is 8.01. The van der Waals surface area contributed by atoms with Gasteiger partial charge in [0.05, 0.1) is 28.0 Å². The van der Waals surface area contributed by atoms with Crippen LogP contribution < -0.4 is 10.1 Å². The van der Waals surface area contributed by atoms with Crippen LogP contribution in [-0.2, 0) is 9.84 Å². The predicted octanol–water partition coefficient (Wildman–Crippen LogP) is 4.79. The van der Waals surface area contributed by atoms with E-state index in [4.69, 9.17) is 9.72 Å². The predicted molar refractivity (Wildman–Crippen MR) is 129 cm³/mol. The maximum absolute atomic E-state index is 13.2. The summed E-state index contributed by atoms with van der Waals surface area (Å²) < 4.78 is 57.2. The van der Waals surface area contributed by atoms with Crippen LogP contribution in [0.15, 0.2) is 59.5 Å². The molecule has 0 fully saturated rings. The van der Waals surface area contributed by atoms with Crippen LogP contribution in [0, 0.1) is 6.92 Å². The Morgan fingerprint density at radius 2 is 1.92 bits per heavy atom. The van der Waals surface area contributed by atoms with E-state index in [1.165, 1.54) is 18.4 Å². The molecule has 4 aromatic rings. The van der Waals surface area contributed by atoms with Gasteiger partial charge in [-0.2, -0.15) is 8.78 Å². The number of aryl methyl sites for hydroxylation is 1. The zero-order chi connectivity index (χ0) is 25.4. The first-order chi connectivity index (χ1) is 17.1. The number of rotatable bonds is 4.